The van der Waals surface area contributed by atoms with Gasteiger partial charge in [0.05, 0.1) is 0 Å². The van der Waals surface area contributed by atoms with E-state index >= 15 is 0 Å². The molecule has 0 amide bonds. The van der Waals surface area contributed by atoms with Crippen LogP contribution in [0.3, 0.4) is 0 Å². The highest BCUT2D eigenvalue weighted by atomic mass is 35.5. The average molecular weight is 245 g/mol. The maximum atomic E-state index is 13.4. The number of carbonyl (C=O) groups is 1. The van der Waals surface area contributed by atoms with Crippen LogP contribution in [-0.2, 0) is 11.2 Å². The fraction of sp³-hybridized carbons (Fsp3) is 0.417. The molecule has 0 aromatic heterocycles. The summed E-state index contributed by atoms with van der Waals surface area (Å²) in [5, 5.41) is 9.93. The Hall–Kier alpha value is -0.930. The van der Waals surface area contributed by atoms with Gasteiger partial charge in [0.1, 0.15) is 11.4 Å². The van der Waals surface area contributed by atoms with Crippen LogP contribution in [-0.4, -0.2) is 16.5 Å². The first kappa shape index (κ1) is 13.1. The molecular formula is C12H14ClFO2. The third-order valence-electron chi connectivity index (χ3n) is 2.69. The topological polar surface area (TPSA) is 37.3 Å². The van der Waals surface area contributed by atoms with Crippen molar-refractivity contribution in [3.05, 3.63) is 34.6 Å². The zero-order chi connectivity index (χ0) is 12.3. The molecule has 0 spiro atoms. The summed E-state index contributed by atoms with van der Waals surface area (Å²) in [4.78, 5) is 11.7. The minimum absolute atomic E-state index is 0.142. The Morgan fingerprint density at radius 3 is 2.69 bits per heavy atom. The van der Waals surface area contributed by atoms with Gasteiger partial charge in [-0.05, 0) is 25.5 Å². The Bertz CT molecular complexity index is 382. The zero-order valence-corrected chi connectivity index (χ0v) is 10.0. The van der Waals surface area contributed by atoms with E-state index in [4.69, 9.17) is 11.6 Å². The van der Waals surface area contributed by atoms with Crippen molar-refractivity contribution in [1.29, 1.82) is 0 Å². The number of halogens is 2. The molecule has 0 aliphatic heterocycles. The van der Waals surface area contributed by atoms with Gasteiger partial charge in [0, 0.05) is 17.0 Å². The van der Waals surface area contributed by atoms with E-state index in [-0.39, 0.29) is 23.4 Å². The zero-order valence-electron chi connectivity index (χ0n) is 9.26. The van der Waals surface area contributed by atoms with E-state index in [1.165, 1.54) is 25.1 Å². The Morgan fingerprint density at radius 1 is 1.56 bits per heavy atom. The van der Waals surface area contributed by atoms with Crippen LogP contribution in [0.2, 0.25) is 5.02 Å². The molecule has 4 heteroatoms. The summed E-state index contributed by atoms with van der Waals surface area (Å²) in [6.07, 6.45) is 0.101. The van der Waals surface area contributed by atoms with Gasteiger partial charge in [0.2, 0.25) is 0 Å². The molecular weight excluding hydrogens is 231 g/mol. The Balaban J connectivity index is 2.94. The number of ketones is 1. The van der Waals surface area contributed by atoms with Crippen LogP contribution in [0.5, 0.6) is 0 Å². The van der Waals surface area contributed by atoms with E-state index in [0.29, 0.717) is 0 Å². The van der Waals surface area contributed by atoms with Crippen LogP contribution in [0.25, 0.3) is 0 Å². The summed E-state index contributed by atoms with van der Waals surface area (Å²) in [5.74, 6) is -0.949. The molecule has 0 radical (unpaired) electrons. The molecule has 0 aliphatic rings. The van der Waals surface area contributed by atoms with Gasteiger partial charge in [-0.2, -0.15) is 0 Å². The molecule has 1 rings (SSSR count). The molecule has 0 heterocycles. The molecule has 1 N–H and O–H groups in total. The summed E-state index contributed by atoms with van der Waals surface area (Å²) in [6, 6.07) is 4.24. The first-order valence-corrected chi connectivity index (χ1v) is 5.45. The summed E-state index contributed by atoms with van der Waals surface area (Å²) >= 11 is 5.79. The second-order valence-corrected chi connectivity index (χ2v) is 4.33. The van der Waals surface area contributed by atoms with Crippen molar-refractivity contribution in [3.8, 4) is 0 Å². The molecule has 1 atom stereocenters. The lowest BCUT2D eigenvalue weighted by atomic mass is 9.93. The van der Waals surface area contributed by atoms with Gasteiger partial charge in [0.15, 0.2) is 5.78 Å². The molecule has 1 aromatic rings. The van der Waals surface area contributed by atoms with Crippen LogP contribution in [0.1, 0.15) is 25.8 Å². The maximum absolute atomic E-state index is 13.4. The van der Waals surface area contributed by atoms with E-state index in [1.54, 1.807) is 6.92 Å². The maximum Gasteiger partial charge on any atom is 0.168 e. The van der Waals surface area contributed by atoms with Gasteiger partial charge in [-0.3, -0.25) is 4.79 Å². The minimum Gasteiger partial charge on any atom is -0.382 e. The molecule has 0 fully saturated rings. The van der Waals surface area contributed by atoms with Crippen molar-refractivity contribution in [3.63, 3.8) is 0 Å². The third-order valence-corrected chi connectivity index (χ3v) is 3.04. The smallest absolute Gasteiger partial charge is 0.168 e. The van der Waals surface area contributed by atoms with E-state index in [9.17, 15) is 14.3 Å². The highest BCUT2D eigenvalue weighted by molar-refractivity contribution is 6.31. The van der Waals surface area contributed by atoms with Gasteiger partial charge < -0.3 is 5.11 Å². The first-order chi connectivity index (χ1) is 7.38. The number of rotatable bonds is 4. The normalized spacial score (nSPS) is 14.6. The number of hydrogen-bond acceptors (Lipinski definition) is 2. The standard InChI is InChI=1S/C12H14ClFO2/c1-3-12(2,16)11(15)7-8-9(13)5-4-6-10(8)14/h4-6,16H,3,7H2,1-2H3. The second-order valence-electron chi connectivity index (χ2n) is 3.93. The van der Waals surface area contributed by atoms with Crippen molar-refractivity contribution >= 4 is 17.4 Å². The van der Waals surface area contributed by atoms with Crippen molar-refractivity contribution in [2.45, 2.75) is 32.3 Å². The summed E-state index contributed by atoms with van der Waals surface area (Å²) < 4.78 is 13.4. The lowest BCUT2D eigenvalue weighted by Crippen LogP contribution is -2.35. The van der Waals surface area contributed by atoms with Crippen LogP contribution < -0.4 is 0 Å². The number of Topliss-reactive ketones (excluding diaryl/α,β-unsaturated/α-hetero) is 1. The highest BCUT2D eigenvalue weighted by Crippen LogP contribution is 2.22. The lowest BCUT2D eigenvalue weighted by Gasteiger charge is -2.19. The van der Waals surface area contributed by atoms with Crippen LogP contribution in [0.15, 0.2) is 18.2 Å². The largest absolute Gasteiger partial charge is 0.382 e. The van der Waals surface area contributed by atoms with Crippen molar-refractivity contribution in [1.82, 2.24) is 0 Å². The molecule has 2 nitrogen and oxygen atoms in total. The molecule has 0 saturated heterocycles. The number of hydrogen-bond donors (Lipinski definition) is 1. The monoisotopic (exact) mass is 244 g/mol. The predicted molar refractivity (Wildman–Crippen MR) is 61.0 cm³/mol. The van der Waals surface area contributed by atoms with E-state index < -0.39 is 17.2 Å². The van der Waals surface area contributed by atoms with Crippen molar-refractivity contribution < 1.29 is 14.3 Å². The molecule has 1 unspecified atom stereocenters. The molecule has 0 bridgehead atoms. The number of aliphatic hydroxyl groups is 1. The van der Waals surface area contributed by atoms with Gasteiger partial charge in [-0.25, -0.2) is 4.39 Å². The quantitative estimate of drug-likeness (QED) is 0.884. The molecule has 0 aliphatic carbocycles. The number of carbonyl (C=O) groups excluding carboxylic acids is 1. The Kier molecular flexibility index (Phi) is 4.05. The van der Waals surface area contributed by atoms with Gasteiger partial charge in [0.25, 0.3) is 0 Å². The fourth-order valence-corrected chi connectivity index (χ4v) is 1.48. The molecule has 88 valence electrons. The Labute approximate surface area is 99.0 Å². The predicted octanol–water partition coefficient (Wildman–Crippen LogP) is 2.75. The first-order valence-electron chi connectivity index (χ1n) is 5.07. The van der Waals surface area contributed by atoms with Crippen molar-refractivity contribution in [2.24, 2.45) is 0 Å². The van der Waals surface area contributed by atoms with Gasteiger partial charge in [-0.1, -0.05) is 24.6 Å². The highest BCUT2D eigenvalue weighted by Gasteiger charge is 2.28. The minimum atomic E-state index is -1.42. The van der Waals surface area contributed by atoms with Gasteiger partial charge in [-0.15, -0.1) is 0 Å². The van der Waals surface area contributed by atoms with Crippen LogP contribution in [0.4, 0.5) is 4.39 Å². The van der Waals surface area contributed by atoms with Crippen LogP contribution >= 0.6 is 11.6 Å². The van der Waals surface area contributed by atoms with Crippen LogP contribution in [0, 0.1) is 5.82 Å². The van der Waals surface area contributed by atoms with E-state index in [1.807, 2.05) is 0 Å². The SMILES string of the molecule is CCC(C)(O)C(=O)Cc1c(F)cccc1Cl. The Morgan fingerprint density at radius 2 is 2.19 bits per heavy atom. The number of benzene rings is 1. The van der Waals surface area contributed by atoms with Gasteiger partial charge >= 0.3 is 0 Å². The fourth-order valence-electron chi connectivity index (χ4n) is 1.25. The summed E-state index contributed by atoms with van der Waals surface area (Å²) in [5.41, 5.74) is -1.28. The molecule has 0 saturated carbocycles. The second kappa shape index (κ2) is 4.93. The van der Waals surface area contributed by atoms with E-state index in [0.717, 1.165) is 0 Å². The molecule has 16 heavy (non-hydrogen) atoms. The summed E-state index contributed by atoms with van der Waals surface area (Å²) in [6.45, 7) is 3.12. The van der Waals surface area contributed by atoms with E-state index in [2.05, 4.69) is 0 Å². The molecule has 1 aromatic carbocycles. The average Bonchev–Trinajstić information content (AvgIpc) is 2.23. The third kappa shape index (κ3) is 2.80. The lowest BCUT2D eigenvalue weighted by molar-refractivity contribution is -0.135. The van der Waals surface area contributed by atoms with Crippen molar-refractivity contribution in [2.75, 3.05) is 0 Å². The summed E-state index contributed by atoms with van der Waals surface area (Å²) in [7, 11) is 0.